The van der Waals surface area contributed by atoms with Gasteiger partial charge in [0.25, 0.3) is 11.8 Å². The van der Waals surface area contributed by atoms with Crippen LogP contribution in [0.15, 0.2) is 42.5 Å². The minimum atomic E-state index is -0.0442. The quantitative estimate of drug-likeness (QED) is 0.736. The lowest BCUT2D eigenvalue weighted by atomic mass is 9.97. The number of hydrogen-bond acceptors (Lipinski definition) is 4. The smallest absolute Gasteiger partial charge is 0.254 e. The van der Waals surface area contributed by atoms with Crippen LogP contribution in [0.3, 0.4) is 0 Å². The van der Waals surface area contributed by atoms with E-state index in [4.69, 9.17) is 9.47 Å². The zero-order chi connectivity index (χ0) is 21.8. The van der Waals surface area contributed by atoms with Crippen LogP contribution in [-0.4, -0.2) is 49.6 Å². The van der Waals surface area contributed by atoms with Gasteiger partial charge in [0.2, 0.25) is 0 Å². The number of piperidine rings is 1. The van der Waals surface area contributed by atoms with Gasteiger partial charge < -0.3 is 19.7 Å². The van der Waals surface area contributed by atoms with Crippen LogP contribution in [0.5, 0.6) is 11.5 Å². The average molecular weight is 423 g/mol. The van der Waals surface area contributed by atoms with Gasteiger partial charge in [0, 0.05) is 36.2 Å². The van der Waals surface area contributed by atoms with Crippen molar-refractivity contribution < 1.29 is 19.1 Å². The van der Waals surface area contributed by atoms with Crippen LogP contribution >= 0.6 is 0 Å². The molecule has 2 aromatic carbocycles. The molecule has 2 fully saturated rings. The molecule has 164 valence electrons. The first-order valence-electron chi connectivity index (χ1n) is 11.0. The van der Waals surface area contributed by atoms with E-state index in [1.165, 1.54) is 0 Å². The van der Waals surface area contributed by atoms with Gasteiger partial charge in [0.05, 0.1) is 13.7 Å². The van der Waals surface area contributed by atoms with Gasteiger partial charge in [-0.3, -0.25) is 9.59 Å². The number of nitrogens with zero attached hydrogens (tertiary/aromatic N) is 1. The lowest BCUT2D eigenvalue weighted by Crippen LogP contribution is -2.41. The lowest BCUT2D eigenvalue weighted by molar-refractivity contribution is 0.0632. The number of carbonyl (C=O) groups excluding carboxylic acids is 2. The van der Waals surface area contributed by atoms with Crippen molar-refractivity contribution in [3.05, 3.63) is 59.2 Å². The number of benzene rings is 2. The maximum absolute atomic E-state index is 13.1. The fourth-order valence-electron chi connectivity index (χ4n) is 4.00. The van der Waals surface area contributed by atoms with Crippen LogP contribution in [0.1, 0.15) is 52.0 Å². The minimum absolute atomic E-state index is 0.0442. The molecule has 2 aliphatic rings. The summed E-state index contributed by atoms with van der Waals surface area (Å²) in [6.45, 7) is 3.90. The predicted molar refractivity (Wildman–Crippen MR) is 119 cm³/mol. The van der Waals surface area contributed by atoms with E-state index in [9.17, 15) is 9.59 Å². The highest BCUT2D eigenvalue weighted by Gasteiger charge is 2.26. The van der Waals surface area contributed by atoms with E-state index in [-0.39, 0.29) is 17.7 Å². The number of carbonyl (C=O) groups is 2. The molecule has 0 radical (unpaired) electrons. The Balaban J connectivity index is 1.34. The third-order valence-electron chi connectivity index (χ3n) is 5.96. The van der Waals surface area contributed by atoms with E-state index in [1.807, 2.05) is 48.2 Å². The van der Waals surface area contributed by atoms with Crippen LogP contribution in [0.2, 0.25) is 0 Å². The largest absolute Gasteiger partial charge is 0.497 e. The fraction of sp³-hybridized carbons (Fsp3) is 0.440. The molecule has 31 heavy (non-hydrogen) atoms. The molecule has 0 bridgehead atoms. The van der Waals surface area contributed by atoms with Crippen molar-refractivity contribution in [2.45, 2.75) is 38.6 Å². The number of aryl methyl sites for hydroxylation is 1. The van der Waals surface area contributed by atoms with Gasteiger partial charge in [-0.2, -0.15) is 0 Å². The summed E-state index contributed by atoms with van der Waals surface area (Å²) in [5.41, 5.74) is 2.26. The maximum Gasteiger partial charge on any atom is 0.254 e. The highest BCUT2D eigenvalue weighted by Crippen LogP contribution is 2.24. The van der Waals surface area contributed by atoms with Crippen molar-refractivity contribution in [2.75, 3.05) is 26.8 Å². The zero-order valence-electron chi connectivity index (χ0n) is 18.2. The number of amides is 2. The summed E-state index contributed by atoms with van der Waals surface area (Å²) in [5.74, 6) is 1.73. The van der Waals surface area contributed by atoms with Gasteiger partial charge in [0.1, 0.15) is 11.5 Å². The molecular formula is C25H30N2O4. The van der Waals surface area contributed by atoms with E-state index >= 15 is 0 Å². The Bertz CT molecular complexity index is 954. The fourth-order valence-corrected chi connectivity index (χ4v) is 4.00. The van der Waals surface area contributed by atoms with E-state index in [1.54, 1.807) is 13.2 Å². The topological polar surface area (TPSA) is 67.9 Å². The number of ether oxygens (including phenoxy) is 2. The van der Waals surface area contributed by atoms with Gasteiger partial charge in [-0.25, -0.2) is 0 Å². The molecule has 6 heteroatoms. The van der Waals surface area contributed by atoms with E-state index < -0.39 is 0 Å². The molecule has 1 heterocycles. The van der Waals surface area contributed by atoms with Crippen LogP contribution < -0.4 is 14.8 Å². The van der Waals surface area contributed by atoms with Gasteiger partial charge in [0.15, 0.2) is 0 Å². The van der Waals surface area contributed by atoms with Gasteiger partial charge in [-0.15, -0.1) is 0 Å². The second kappa shape index (κ2) is 9.41. The summed E-state index contributed by atoms with van der Waals surface area (Å²) >= 11 is 0. The zero-order valence-corrected chi connectivity index (χ0v) is 18.2. The molecule has 1 saturated heterocycles. The SMILES string of the molecule is COc1ccc(C(=O)N2CCC[C@@H](COc3cccc(C(=O)NC4CC4)c3)C2)c(C)c1. The molecule has 2 amide bonds. The molecule has 0 aromatic heterocycles. The predicted octanol–water partition coefficient (Wildman–Crippen LogP) is 3.83. The number of nitrogens with one attached hydrogen (secondary N) is 1. The number of likely N-dealkylation sites (tertiary alicyclic amines) is 1. The first kappa shape index (κ1) is 21.2. The Morgan fingerprint density at radius 1 is 1.10 bits per heavy atom. The molecule has 2 aromatic rings. The van der Waals surface area contributed by atoms with E-state index in [2.05, 4.69) is 5.32 Å². The Morgan fingerprint density at radius 3 is 2.68 bits per heavy atom. The molecule has 1 N–H and O–H groups in total. The molecule has 6 nitrogen and oxygen atoms in total. The highest BCUT2D eigenvalue weighted by atomic mass is 16.5. The summed E-state index contributed by atoms with van der Waals surface area (Å²) in [6.07, 6.45) is 4.11. The Hall–Kier alpha value is -3.02. The van der Waals surface area contributed by atoms with Crippen molar-refractivity contribution >= 4 is 11.8 Å². The molecule has 0 spiro atoms. The van der Waals surface area contributed by atoms with Crippen molar-refractivity contribution in [1.29, 1.82) is 0 Å². The molecule has 0 unspecified atom stereocenters. The summed E-state index contributed by atoms with van der Waals surface area (Å²) in [4.78, 5) is 27.2. The van der Waals surface area contributed by atoms with Crippen molar-refractivity contribution in [2.24, 2.45) is 5.92 Å². The molecular weight excluding hydrogens is 392 g/mol. The standard InChI is InChI=1S/C25H30N2O4/c1-17-13-21(30-2)10-11-23(17)25(29)27-12-4-5-18(15-27)16-31-22-7-3-6-19(14-22)24(28)26-20-8-9-20/h3,6-7,10-11,13-14,18,20H,4-5,8-9,12,15-16H2,1-2H3,(H,26,28)/t18-/m1/s1. The molecule has 1 aliphatic carbocycles. The summed E-state index contributed by atoms with van der Waals surface area (Å²) in [7, 11) is 1.63. The maximum atomic E-state index is 13.1. The lowest BCUT2D eigenvalue weighted by Gasteiger charge is -2.33. The number of hydrogen-bond donors (Lipinski definition) is 1. The van der Waals surface area contributed by atoms with Gasteiger partial charge in [-0.1, -0.05) is 6.07 Å². The second-order valence-electron chi connectivity index (χ2n) is 8.53. The van der Waals surface area contributed by atoms with Crippen molar-refractivity contribution in [3.63, 3.8) is 0 Å². The van der Waals surface area contributed by atoms with Crippen LogP contribution in [0.25, 0.3) is 0 Å². The Morgan fingerprint density at radius 2 is 1.94 bits per heavy atom. The van der Waals surface area contributed by atoms with E-state index in [0.29, 0.717) is 30.5 Å². The molecule has 1 aliphatic heterocycles. The third-order valence-corrected chi connectivity index (χ3v) is 5.96. The van der Waals surface area contributed by atoms with Crippen LogP contribution in [-0.2, 0) is 0 Å². The second-order valence-corrected chi connectivity index (χ2v) is 8.53. The molecule has 1 saturated carbocycles. The summed E-state index contributed by atoms with van der Waals surface area (Å²) in [5, 5.41) is 3.00. The highest BCUT2D eigenvalue weighted by molar-refractivity contribution is 5.96. The Kier molecular flexibility index (Phi) is 6.44. The van der Waals surface area contributed by atoms with Crippen molar-refractivity contribution in [1.82, 2.24) is 10.2 Å². The van der Waals surface area contributed by atoms with Crippen LogP contribution in [0.4, 0.5) is 0 Å². The van der Waals surface area contributed by atoms with Gasteiger partial charge >= 0.3 is 0 Å². The number of rotatable bonds is 7. The first-order valence-corrected chi connectivity index (χ1v) is 11.0. The van der Waals surface area contributed by atoms with Crippen molar-refractivity contribution in [3.8, 4) is 11.5 Å². The summed E-state index contributed by atoms with van der Waals surface area (Å²) < 4.78 is 11.3. The molecule has 1 atom stereocenters. The van der Waals surface area contributed by atoms with Crippen LogP contribution in [0, 0.1) is 12.8 Å². The Labute approximate surface area is 183 Å². The molecule has 4 rings (SSSR count). The minimum Gasteiger partial charge on any atom is -0.497 e. The normalized spacial score (nSPS) is 18.4. The summed E-state index contributed by atoms with van der Waals surface area (Å²) in [6, 6.07) is 13.2. The van der Waals surface area contributed by atoms with E-state index in [0.717, 1.165) is 49.1 Å². The average Bonchev–Trinajstić information content (AvgIpc) is 3.61. The third kappa shape index (κ3) is 5.37. The first-order chi connectivity index (χ1) is 15.0. The monoisotopic (exact) mass is 422 g/mol. The number of methoxy groups -OCH3 is 1. The van der Waals surface area contributed by atoms with Gasteiger partial charge in [-0.05, 0) is 74.6 Å².